The monoisotopic (exact) mass is 365 g/mol. The number of hydrogen-bond donors (Lipinski definition) is 2. The van der Waals surface area contributed by atoms with Gasteiger partial charge in [0.1, 0.15) is 5.75 Å². The van der Waals surface area contributed by atoms with Crippen molar-refractivity contribution in [3.63, 3.8) is 0 Å². The van der Waals surface area contributed by atoms with Gasteiger partial charge in [-0.05, 0) is 29.3 Å². The lowest BCUT2D eigenvalue weighted by molar-refractivity contribution is -0.137. The third-order valence-electron chi connectivity index (χ3n) is 4.52. The molecule has 1 amide bonds. The predicted molar refractivity (Wildman–Crippen MR) is 90.1 cm³/mol. The fourth-order valence-corrected chi connectivity index (χ4v) is 3.09. The maximum absolute atomic E-state index is 12.7. The van der Waals surface area contributed by atoms with E-state index in [1.807, 2.05) is 13.8 Å². The van der Waals surface area contributed by atoms with Crippen molar-refractivity contribution in [2.75, 3.05) is 6.61 Å². The number of carbonyl (C=O) groups is 1. The molecule has 0 saturated carbocycles. The minimum Gasteiger partial charge on any atom is -0.493 e. The predicted octanol–water partition coefficient (Wildman–Crippen LogP) is 5.10. The van der Waals surface area contributed by atoms with Gasteiger partial charge in [-0.15, -0.1) is 0 Å². The molecule has 2 aromatic rings. The maximum Gasteiger partial charge on any atom is 0.416 e. The zero-order valence-corrected chi connectivity index (χ0v) is 14.2. The molecule has 0 spiro atoms. The highest BCUT2D eigenvalue weighted by Gasteiger charge is 2.38. The second kappa shape index (κ2) is 6.23. The molecule has 4 nitrogen and oxygen atoms in total. The molecule has 1 aliphatic heterocycles. The van der Waals surface area contributed by atoms with Crippen LogP contribution in [-0.2, 0) is 6.18 Å². The molecule has 0 aliphatic carbocycles. The Labute approximate surface area is 148 Å². The summed E-state index contributed by atoms with van der Waals surface area (Å²) in [6, 6.07) is 9.68. The summed E-state index contributed by atoms with van der Waals surface area (Å²) >= 11 is 0. The van der Waals surface area contributed by atoms with E-state index in [-0.39, 0.29) is 0 Å². The van der Waals surface area contributed by atoms with Gasteiger partial charge in [-0.25, -0.2) is 4.79 Å². The van der Waals surface area contributed by atoms with E-state index < -0.39 is 29.3 Å². The molecule has 26 heavy (non-hydrogen) atoms. The van der Waals surface area contributed by atoms with Gasteiger partial charge in [0.2, 0.25) is 0 Å². The van der Waals surface area contributed by atoms with Gasteiger partial charge in [0.15, 0.2) is 0 Å². The molecular formula is C19H18F3NO3. The molecule has 3 rings (SSSR count). The van der Waals surface area contributed by atoms with E-state index in [2.05, 4.69) is 5.32 Å². The van der Waals surface area contributed by atoms with Crippen LogP contribution in [0, 0.1) is 5.41 Å². The summed E-state index contributed by atoms with van der Waals surface area (Å²) in [5, 5.41) is 11.6. The SMILES string of the molecule is CC1(C)COc2cc(-c3ccc(C(F)(F)F)cc3)ccc2C1NC(=O)O. The summed E-state index contributed by atoms with van der Waals surface area (Å²) < 4.78 is 43.9. The number of benzene rings is 2. The van der Waals surface area contributed by atoms with Gasteiger partial charge in [0, 0.05) is 11.0 Å². The minimum atomic E-state index is -4.38. The normalized spacial score (nSPS) is 18.6. The highest BCUT2D eigenvalue weighted by molar-refractivity contribution is 5.69. The lowest BCUT2D eigenvalue weighted by Gasteiger charge is -2.39. The van der Waals surface area contributed by atoms with E-state index in [1.54, 1.807) is 18.2 Å². The van der Waals surface area contributed by atoms with Gasteiger partial charge in [0.05, 0.1) is 18.2 Å². The van der Waals surface area contributed by atoms with Crippen molar-refractivity contribution in [1.82, 2.24) is 5.32 Å². The van der Waals surface area contributed by atoms with Crippen molar-refractivity contribution >= 4 is 6.09 Å². The fraction of sp³-hybridized carbons (Fsp3) is 0.316. The molecule has 7 heteroatoms. The second-order valence-corrected chi connectivity index (χ2v) is 6.99. The number of ether oxygens (including phenoxy) is 1. The number of nitrogens with one attached hydrogen (secondary N) is 1. The zero-order chi connectivity index (χ0) is 19.1. The number of fused-ring (bicyclic) bond motifs is 1. The van der Waals surface area contributed by atoms with Crippen LogP contribution in [0.3, 0.4) is 0 Å². The molecule has 0 bridgehead atoms. The first-order valence-electron chi connectivity index (χ1n) is 8.02. The number of amides is 1. The molecule has 1 atom stereocenters. The largest absolute Gasteiger partial charge is 0.493 e. The highest BCUT2D eigenvalue weighted by Crippen LogP contribution is 2.44. The van der Waals surface area contributed by atoms with E-state index in [4.69, 9.17) is 9.84 Å². The lowest BCUT2D eigenvalue weighted by atomic mass is 9.78. The van der Waals surface area contributed by atoms with Crippen molar-refractivity contribution in [2.24, 2.45) is 5.41 Å². The Hall–Kier alpha value is -2.70. The van der Waals surface area contributed by atoms with E-state index in [1.165, 1.54) is 12.1 Å². The van der Waals surface area contributed by atoms with Gasteiger partial charge in [-0.3, -0.25) is 0 Å². The first-order valence-corrected chi connectivity index (χ1v) is 8.02. The molecule has 0 fully saturated rings. The average molecular weight is 365 g/mol. The summed E-state index contributed by atoms with van der Waals surface area (Å²) in [6.07, 6.45) is -5.50. The number of alkyl halides is 3. The van der Waals surface area contributed by atoms with Crippen molar-refractivity contribution in [3.8, 4) is 16.9 Å². The highest BCUT2D eigenvalue weighted by atomic mass is 19.4. The van der Waals surface area contributed by atoms with Crippen LogP contribution in [0.15, 0.2) is 42.5 Å². The third-order valence-corrected chi connectivity index (χ3v) is 4.52. The Balaban J connectivity index is 1.95. The minimum absolute atomic E-state index is 0.321. The van der Waals surface area contributed by atoms with Gasteiger partial charge >= 0.3 is 12.3 Å². The molecule has 2 N–H and O–H groups in total. The maximum atomic E-state index is 12.7. The Kier molecular flexibility index (Phi) is 4.34. The summed E-state index contributed by atoms with van der Waals surface area (Å²) in [4.78, 5) is 11.1. The first-order chi connectivity index (χ1) is 12.1. The topological polar surface area (TPSA) is 58.6 Å². The van der Waals surface area contributed by atoms with Gasteiger partial charge < -0.3 is 15.2 Å². The fourth-order valence-electron chi connectivity index (χ4n) is 3.09. The quantitative estimate of drug-likeness (QED) is 0.778. The Morgan fingerprint density at radius 3 is 2.35 bits per heavy atom. The molecule has 0 radical (unpaired) electrons. The molecule has 0 aromatic heterocycles. The number of halogens is 3. The molecular weight excluding hydrogens is 347 g/mol. The number of hydrogen-bond acceptors (Lipinski definition) is 2. The van der Waals surface area contributed by atoms with Crippen LogP contribution < -0.4 is 10.1 Å². The smallest absolute Gasteiger partial charge is 0.416 e. The third kappa shape index (κ3) is 3.47. The summed E-state index contributed by atoms with van der Waals surface area (Å²) in [6.45, 7) is 4.13. The molecule has 1 heterocycles. The van der Waals surface area contributed by atoms with Crippen LogP contribution in [0.5, 0.6) is 5.75 Å². The average Bonchev–Trinajstić information content (AvgIpc) is 2.56. The van der Waals surface area contributed by atoms with Gasteiger partial charge in [0.25, 0.3) is 0 Å². The van der Waals surface area contributed by atoms with E-state index in [0.29, 0.717) is 29.0 Å². The Morgan fingerprint density at radius 2 is 1.77 bits per heavy atom. The van der Waals surface area contributed by atoms with Crippen LogP contribution in [0.25, 0.3) is 11.1 Å². The number of rotatable bonds is 2. The Bertz CT molecular complexity index is 829. The van der Waals surface area contributed by atoms with E-state index in [9.17, 15) is 18.0 Å². The van der Waals surface area contributed by atoms with Crippen molar-refractivity contribution in [2.45, 2.75) is 26.1 Å². The summed E-state index contributed by atoms with van der Waals surface area (Å²) in [5.41, 5.74) is 0.895. The molecule has 2 aromatic carbocycles. The Morgan fingerprint density at radius 1 is 1.15 bits per heavy atom. The number of carboxylic acid groups (broad SMARTS) is 1. The zero-order valence-electron chi connectivity index (χ0n) is 14.2. The van der Waals surface area contributed by atoms with E-state index in [0.717, 1.165) is 12.1 Å². The van der Waals surface area contributed by atoms with Gasteiger partial charge in [-0.2, -0.15) is 13.2 Å². The van der Waals surface area contributed by atoms with Gasteiger partial charge in [-0.1, -0.05) is 38.1 Å². The van der Waals surface area contributed by atoms with Crippen molar-refractivity contribution < 1.29 is 27.8 Å². The van der Waals surface area contributed by atoms with Crippen LogP contribution in [0.1, 0.15) is 31.0 Å². The molecule has 138 valence electrons. The van der Waals surface area contributed by atoms with Crippen molar-refractivity contribution in [3.05, 3.63) is 53.6 Å². The first kappa shape index (κ1) is 18.1. The second-order valence-electron chi connectivity index (χ2n) is 6.99. The summed E-state index contributed by atoms with van der Waals surface area (Å²) in [7, 11) is 0. The van der Waals surface area contributed by atoms with Crippen LogP contribution in [-0.4, -0.2) is 17.8 Å². The molecule has 0 saturated heterocycles. The van der Waals surface area contributed by atoms with Crippen LogP contribution in [0.4, 0.5) is 18.0 Å². The molecule has 1 unspecified atom stereocenters. The van der Waals surface area contributed by atoms with E-state index >= 15 is 0 Å². The lowest BCUT2D eigenvalue weighted by Crippen LogP contribution is -2.43. The molecule has 1 aliphatic rings. The standard InChI is InChI=1S/C19H18F3NO3/c1-18(2)10-26-15-9-12(5-8-14(15)16(18)23-17(24)25)11-3-6-13(7-4-11)19(20,21)22/h3-9,16,23H,10H2,1-2H3,(H,24,25). The van der Waals surface area contributed by atoms with Crippen molar-refractivity contribution in [1.29, 1.82) is 0 Å². The summed E-state index contributed by atoms with van der Waals surface area (Å²) in [5.74, 6) is 0.528. The van der Waals surface area contributed by atoms with Crippen LogP contribution in [0.2, 0.25) is 0 Å². The van der Waals surface area contributed by atoms with Crippen LogP contribution >= 0.6 is 0 Å².